The van der Waals surface area contributed by atoms with Crippen LogP contribution in [0.1, 0.15) is 25.1 Å². The summed E-state index contributed by atoms with van der Waals surface area (Å²) in [5.74, 6) is 1.66. The molecule has 1 fully saturated rings. The van der Waals surface area contributed by atoms with E-state index in [-0.39, 0.29) is 11.8 Å². The first kappa shape index (κ1) is 16.3. The largest absolute Gasteiger partial charge is 0.493 e. The minimum absolute atomic E-state index is 0.0715. The minimum atomic E-state index is -0.0838. The lowest BCUT2D eigenvalue weighted by molar-refractivity contribution is -0.117. The summed E-state index contributed by atoms with van der Waals surface area (Å²) in [6, 6.07) is 17.2. The van der Waals surface area contributed by atoms with Gasteiger partial charge in [-0.3, -0.25) is 4.79 Å². The average Bonchev–Trinajstić information content (AvgIpc) is 3.30. The summed E-state index contributed by atoms with van der Waals surface area (Å²) in [4.78, 5) is 18.7. The summed E-state index contributed by atoms with van der Waals surface area (Å²) in [6.07, 6.45) is 0.376. The molecule has 3 aromatic rings. The third kappa shape index (κ3) is 3.06. The molecule has 1 aliphatic rings. The molecular weight excluding hydrogens is 330 g/mol. The van der Waals surface area contributed by atoms with E-state index < -0.39 is 0 Å². The first-order valence-electron chi connectivity index (χ1n) is 8.67. The second-order valence-corrected chi connectivity index (χ2v) is 6.13. The maximum Gasteiger partial charge on any atom is 0.261 e. The van der Waals surface area contributed by atoms with E-state index in [9.17, 15) is 4.79 Å². The van der Waals surface area contributed by atoms with Crippen molar-refractivity contribution in [3.05, 3.63) is 60.4 Å². The summed E-state index contributed by atoms with van der Waals surface area (Å²) in [7, 11) is 0. The van der Waals surface area contributed by atoms with Crippen molar-refractivity contribution in [3.63, 3.8) is 0 Å². The molecule has 2 heterocycles. The zero-order chi connectivity index (χ0) is 17.9. The quantitative estimate of drug-likeness (QED) is 0.703. The Balaban J connectivity index is 1.57. The van der Waals surface area contributed by atoms with Crippen molar-refractivity contribution >= 4 is 11.6 Å². The van der Waals surface area contributed by atoms with Crippen molar-refractivity contribution in [2.24, 2.45) is 0 Å². The number of carbonyl (C=O) groups excluding carboxylic acids is 1. The molecule has 2 aromatic carbocycles. The molecule has 1 saturated heterocycles. The van der Waals surface area contributed by atoms with Crippen LogP contribution >= 0.6 is 0 Å². The van der Waals surface area contributed by atoms with Crippen molar-refractivity contribution in [3.8, 4) is 17.2 Å². The van der Waals surface area contributed by atoms with Gasteiger partial charge in [-0.2, -0.15) is 4.98 Å². The Hall–Kier alpha value is -3.15. The summed E-state index contributed by atoms with van der Waals surface area (Å²) in [5, 5.41) is 4.12. The van der Waals surface area contributed by atoms with Crippen LogP contribution in [0.25, 0.3) is 11.5 Å². The highest BCUT2D eigenvalue weighted by Gasteiger charge is 2.34. The van der Waals surface area contributed by atoms with Crippen molar-refractivity contribution in [2.75, 3.05) is 18.1 Å². The van der Waals surface area contributed by atoms with Gasteiger partial charge in [-0.05, 0) is 31.2 Å². The van der Waals surface area contributed by atoms with Gasteiger partial charge in [-0.25, -0.2) is 0 Å². The number of ether oxygens (including phenoxy) is 1. The van der Waals surface area contributed by atoms with Crippen LogP contribution in [0.5, 0.6) is 5.75 Å². The molecule has 0 bridgehead atoms. The molecule has 0 aliphatic carbocycles. The van der Waals surface area contributed by atoms with Crippen molar-refractivity contribution in [2.45, 2.75) is 19.3 Å². The van der Waals surface area contributed by atoms with E-state index in [0.717, 1.165) is 11.3 Å². The first-order chi connectivity index (χ1) is 12.8. The van der Waals surface area contributed by atoms with Gasteiger partial charge in [0.2, 0.25) is 5.91 Å². The summed E-state index contributed by atoms with van der Waals surface area (Å²) >= 11 is 0. The topological polar surface area (TPSA) is 68.5 Å². The number of amides is 1. The molecule has 0 radical (unpaired) electrons. The van der Waals surface area contributed by atoms with E-state index in [1.54, 1.807) is 4.90 Å². The highest BCUT2D eigenvalue weighted by Crippen LogP contribution is 2.33. The lowest BCUT2D eigenvalue weighted by Gasteiger charge is -2.15. The van der Waals surface area contributed by atoms with Crippen LogP contribution < -0.4 is 9.64 Å². The van der Waals surface area contributed by atoms with E-state index >= 15 is 0 Å². The molecule has 4 rings (SSSR count). The number of anilines is 1. The number of nitrogens with zero attached hydrogens (tertiary/aromatic N) is 3. The molecule has 132 valence electrons. The number of carbonyl (C=O) groups is 1. The predicted molar refractivity (Wildman–Crippen MR) is 97.1 cm³/mol. The normalized spacial score (nSPS) is 16.9. The van der Waals surface area contributed by atoms with Crippen molar-refractivity contribution < 1.29 is 14.1 Å². The number of para-hydroxylation sites is 2. The molecule has 6 heteroatoms. The highest BCUT2D eigenvalue weighted by atomic mass is 16.5. The SMILES string of the molecule is CCOc1ccccc1-c1nc([C@@H]2CC(=O)N(c3ccccc3)C2)no1. The maximum absolute atomic E-state index is 12.4. The van der Waals surface area contributed by atoms with Gasteiger partial charge < -0.3 is 14.2 Å². The molecule has 1 aromatic heterocycles. The Kier molecular flexibility index (Phi) is 4.39. The third-order valence-corrected chi connectivity index (χ3v) is 4.42. The fourth-order valence-corrected chi connectivity index (χ4v) is 3.17. The summed E-state index contributed by atoms with van der Waals surface area (Å²) in [5.41, 5.74) is 1.66. The smallest absolute Gasteiger partial charge is 0.261 e. The molecule has 0 N–H and O–H groups in total. The van der Waals surface area contributed by atoms with Gasteiger partial charge in [0.05, 0.1) is 12.2 Å². The molecule has 1 atom stereocenters. The van der Waals surface area contributed by atoms with E-state index in [4.69, 9.17) is 9.26 Å². The fourth-order valence-electron chi connectivity index (χ4n) is 3.17. The van der Waals surface area contributed by atoms with E-state index in [0.29, 0.717) is 37.0 Å². The average molecular weight is 349 g/mol. The van der Waals surface area contributed by atoms with Gasteiger partial charge in [0.15, 0.2) is 5.82 Å². The molecule has 0 unspecified atom stereocenters. The predicted octanol–water partition coefficient (Wildman–Crippen LogP) is 3.66. The number of hydrogen-bond acceptors (Lipinski definition) is 5. The number of hydrogen-bond donors (Lipinski definition) is 0. The van der Waals surface area contributed by atoms with Crippen LogP contribution in [-0.2, 0) is 4.79 Å². The van der Waals surface area contributed by atoms with Gasteiger partial charge >= 0.3 is 0 Å². The van der Waals surface area contributed by atoms with Crippen LogP contribution in [0.4, 0.5) is 5.69 Å². The van der Waals surface area contributed by atoms with Gasteiger partial charge in [-0.1, -0.05) is 35.5 Å². The van der Waals surface area contributed by atoms with Crippen LogP contribution in [-0.4, -0.2) is 29.2 Å². The number of benzene rings is 2. The maximum atomic E-state index is 12.4. The minimum Gasteiger partial charge on any atom is -0.493 e. The van der Waals surface area contributed by atoms with Crippen LogP contribution in [0, 0.1) is 0 Å². The van der Waals surface area contributed by atoms with Crippen molar-refractivity contribution in [1.29, 1.82) is 0 Å². The summed E-state index contributed by atoms with van der Waals surface area (Å²) in [6.45, 7) is 3.04. The summed E-state index contributed by atoms with van der Waals surface area (Å²) < 4.78 is 11.1. The molecule has 0 spiro atoms. The van der Waals surface area contributed by atoms with E-state index in [2.05, 4.69) is 10.1 Å². The highest BCUT2D eigenvalue weighted by molar-refractivity contribution is 5.96. The Morgan fingerprint density at radius 1 is 1.15 bits per heavy atom. The Morgan fingerprint density at radius 3 is 2.73 bits per heavy atom. The lowest BCUT2D eigenvalue weighted by atomic mass is 10.1. The molecule has 6 nitrogen and oxygen atoms in total. The lowest BCUT2D eigenvalue weighted by Crippen LogP contribution is -2.24. The fraction of sp³-hybridized carbons (Fsp3) is 0.250. The standard InChI is InChI=1S/C20H19N3O3/c1-2-25-17-11-7-6-10-16(17)20-21-19(22-26-20)14-12-18(24)23(13-14)15-8-4-3-5-9-15/h3-11,14H,2,12-13H2,1H3/t14-/m1/s1. The number of rotatable bonds is 5. The van der Waals surface area contributed by atoms with E-state index in [1.807, 2.05) is 61.5 Å². The van der Waals surface area contributed by atoms with E-state index in [1.165, 1.54) is 0 Å². The third-order valence-electron chi connectivity index (χ3n) is 4.42. The van der Waals surface area contributed by atoms with Gasteiger partial charge in [-0.15, -0.1) is 0 Å². The molecule has 26 heavy (non-hydrogen) atoms. The zero-order valence-corrected chi connectivity index (χ0v) is 14.5. The molecule has 1 amide bonds. The Morgan fingerprint density at radius 2 is 1.92 bits per heavy atom. The second kappa shape index (κ2) is 7.00. The number of aromatic nitrogens is 2. The Bertz CT molecular complexity index is 907. The molecule has 0 saturated carbocycles. The van der Waals surface area contributed by atoms with Crippen LogP contribution in [0.15, 0.2) is 59.1 Å². The molecular formula is C20H19N3O3. The van der Waals surface area contributed by atoms with Crippen molar-refractivity contribution in [1.82, 2.24) is 10.1 Å². The van der Waals surface area contributed by atoms with Crippen LogP contribution in [0.2, 0.25) is 0 Å². The van der Waals surface area contributed by atoms with Gasteiger partial charge in [0.1, 0.15) is 5.75 Å². The van der Waals surface area contributed by atoms with Gasteiger partial charge in [0.25, 0.3) is 5.89 Å². The first-order valence-corrected chi connectivity index (χ1v) is 8.67. The monoisotopic (exact) mass is 349 g/mol. The second-order valence-electron chi connectivity index (χ2n) is 6.13. The van der Waals surface area contributed by atoms with Crippen LogP contribution in [0.3, 0.4) is 0 Å². The Labute approximate surface area is 151 Å². The molecule has 1 aliphatic heterocycles. The zero-order valence-electron chi connectivity index (χ0n) is 14.5. The van der Waals surface area contributed by atoms with Gasteiger partial charge in [0, 0.05) is 24.6 Å².